The fourth-order valence-corrected chi connectivity index (χ4v) is 5.78. The molecule has 1 heterocycles. The third-order valence-electron chi connectivity index (χ3n) is 6.25. The zero-order valence-corrected chi connectivity index (χ0v) is 17.6. The highest BCUT2D eigenvalue weighted by molar-refractivity contribution is 7.89. The number of hydrogen-bond donors (Lipinski definition) is 0. The molecule has 0 radical (unpaired) electrons. The second-order valence-corrected chi connectivity index (χ2v) is 10.2. The fourth-order valence-electron chi connectivity index (χ4n) is 4.23. The van der Waals surface area contributed by atoms with Crippen LogP contribution in [0.5, 0.6) is 0 Å². The maximum atomic E-state index is 13.1. The van der Waals surface area contributed by atoms with Crippen LogP contribution in [0.2, 0.25) is 0 Å². The molecule has 1 saturated heterocycles. The van der Waals surface area contributed by atoms with E-state index in [9.17, 15) is 13.2 Å². The lowest BCUT2D eigenvalue weighted by Gasteiger charge is -2.34. The van der Waals surface area contributed by atoms with Crippen LogP contribution >= 0.6 is 0 Å². The molecule has 2 aliphatic rings. The average Bonchev–Trinajstić information content (AvgIpc) is 2.68. The predicted molar refractivity (Wildman–Crippen MR) is 107 cm³/mol. The summed E-state index contributed by atoms with van der Waals surface area (Å²) in [4.78, 5) is 15.2. The molecule has 1 aromatic rings. The monoisotopic (exact) mass is 392 g/mol. The highest BCUT2D eigenvalue weighted by atomic mass is 32.2. The second kappa shape index (κ2) is 8.31. The molecule has 27 heavy (non-hydrogen) atoms. The lowest BCUT2D eigenvalue weighted by molar-refractivity contribution is 0.0678. The van der Waals surface area contributed by atoms with Crippen molar-refractivity contribution in [3.63, 3.8) is 0 Å². The van der Waals surface area contributed by atoms with Crippen molar-refractivity contribution in [2.45, 2.75) is 69.7 Å². The van der Waals surface area contributed by atoms with Crippen molar-refractivity contribution in [3.8, 4) is 0 Å². The molecular formula is C21H32N2O3S. The zero-order chi connectivity index (χ0) is 19.6. The Balaban J connectivity index is 1.83. The van der Waals surface area contributed by atoms with Crippen molar-refractivity contribution in [1.82, 2.24) is 9.21 Å². The fraction of sp³-hybridized carbons (Fsp3) is 0.667. The first-order chi connectivity index (χ1) is 12.8. The summed E-state index contributed by atoms with van der Waals surface area (Å²) in [6, 6.07) is 5.23. The van der Waals surface area contributed by atoms with E-state index in [0.717, 1.165) is 56.4 Å². The predicted octanol–water partition coefficient (Wildman–Crippen LogP) is 3.82. The van der Waals surface area contributed by atoms with E-state index in [4.69, 9.17) is 0 Å². The Bertz CT molecular complexity index is 777. The number of nitrogens with zero attached hydrogens (tertiary/aromatic N) is 2. The van der Waals surface area contributed by atoms with Crippen molar-refractivity contribution in [2.24, 2.45) is 5.92 Å². The van der Waals surface area contributed by atoms with E-state index in [1.54, 1.807) is 22.5 Å². The number of piperidine rings is 1. The number of carbonyl (C=O) groups excluding carboxylic acids is 1. The molecule has 0 unspecified atom stereocenters. The Morgan fingerprint density at radius 1 is 1.07 bits per heavy atom. The van der Waals surface area contributed by atoms with E-state index >= 15 is 0 Å². The normalized spacial score (nSPS) is 24.6. The minimum atomic E-state index is -3.53. The van der Waals surface area contributed by atoms with Gasteiger partial charge in [0.1, 0.15) is 0 Å². The molecule has 1 aliphatic heterocycles. The van der Waals surface area contributed by atoms with Crippen LogP contribution < -0.4 is 0 Å². The molecule has 150 valence electrons. The van der Waals surface area contributed by atoms with Gasteiger partial charge in [-0.1, -0.05) is 19.4 Å². The van der Waals surface area contributed by atoms with Crippen LogP contribution in [0.15, 0.2) is 23.1 Å². The average molecular weight is 393 g/mol. The van der Waals surface area contributed by atoms with E-state index < -0.39 is 10.0 Å². The van der Waals surface area contributed by atoms with Gasteiger partial charge in [0.05, 0.1) is 4.90 Å². The Hall–Kier alpha value is -1.40. The molecule has 1 aromatic carbocycles. The van der Waals surface area contributed by atoms with Crippen molar-refractivity contribution in [3.05, 3.63) is 29.3 Å². The molecule has 0 N–H and O–H groups in total. The molecule has 2 fully saturated rings. The third-order valence-corrected chi connectivity index (χ3v) is 8.14. The molecule has 6 heteroatoms. The summed E-state index contributed by atoms with van der Waals surface area (Å²) < 4.78 is 27.5. The van der Waals surface area contributed by atoms with E-state index in [1.165, 1.54) is 0 Å². The molecule has 1 amide bonds. The summed E-state index contributed by atoms with van der Waals surface area (Å²) in [6.07, 6.45) is 7.21. The number of carbonyl (C=O) groups is 1. The number of hydrogen-bond acceptors (Lipinski definition) is 3. The molecule has 1 aliphatic carbocycles. The van der Waals surface area contributed by atoms with E-state index in [2.05, 4.69) is 6.92 Å². The molecule has 0 atom stereocenters. The van der Waals surface area contributed by atoms with Gasteiger partial charge in [-0.2, -0.15) is 4.31 Å². The second-order valence-electron chi connectivity index (χ2n) is 8.27. The number of rotatable bonds is 4. The van der Waals surface area contributed by atoms with E-state index in [-0.39, 0.29) is 16.8 Å². The van der Waals surface area contributed by atoms with Crippen molar-refractivity contribution >= 4 is 15.9 Å². The molecule has 1 saturated carbocycles. The van der Waals surface area contributed by atoms with Gasteiger partial charge in [-0.15, -0.1) is 0 Å². The van der Waals surface area contributed by atoms with Crippen LogP contribution in [0.3, 0.4) is 0 Å². The van der Waals surface area contributed by atoms with Crippen molar-refractivity contribution < 1.29 is 13.2 Å². The Kier molecular flexibility index (Phi) is 6.26. The first kappa shape index (κ1) is 20.3. The van der Waals surface area contributed by atoms with Gasteiger partial charge >= 0.3 is 0 Å². The molecule has 0 bridgehead atoms. The Morgan fingerprint density at radius 2 is 1.70 bits per heavy atom. The number of sulfonamides is 1. The van der Waals surface area contributed by atoms with Crippen LogP contribution in [0, 0.1) is 12.8 Å². The standard InChI is InChI=1S/C21H32N2O3S/c1-16-7-10-18(11-8-16)22(3)21(24)20-15-19(12-9-17(20)2)27(25,26)23-13-5-4-6-14-23/h9,12,15-16,18H,4-8,10-11,13-14H2,1-3H3. The minimum Gasteiger partial charge on any atom is -0.339 e. The summed E-state index contributed by atoms with van der Waals surface area (Å²) in [5.74, 6) is 0.659. The summed E-state index contributed by atoms with van der Waals surface area (Å²) in [5, 5.41) is 0. The SMILES string of the molecule is Cc1ccc(S(=O)(=O)N2CCCCC2)cc1C(=O)N(C)C1CCC(C)CC1. The lowest BCUT2D eigenvalue weighted by Crippen LogP contribution is -2.39. The summed E-state index contributed by atoms with van der Waals surface area (Å²) >= 11 is 0. The molecular weight excluding hydrogens is 360 g/mol. The highest BCUT2D eigenvalue weighted by Crippen LogP contribution is 2.28. The van der Waals surface area contributed by atoms with Gasteiger partial charge < -0.3 is 4.90 Å². The van der Waals surface area contributed by atoms with Crippen LogP contribution in [-0.4, -0.2) is 49.7 Å². The topological polar surface area (TPSA) is 57.7 Å². The van der Waals surface area contributed by atoms with Crippen LogP contribution in [0.25, 0.3) is 0 Å². The van der Waals surface area contributed by atoms with Gasteiger partial charge in [-0.3, -0.25) is 4.79 Å². The summed E-state index contributed by atoms with van der Waals surface area (Å²) in [5.41, 5.74) is 1.34. The van der Waals surface area contributed by atoms with Crippen LogP contribution in [0.1, 0.15) is 67.8 Å². The largest absolute Gasteiger partial charge is 0.339 e. The summed E-state index contributed by atoms with van der Waals surface area (Å²) in [7, 11) is -1.67. The lowest BCUT2D eigenvalue weighted by atomic mass is 9.86. The maximum absolute atomic E-state index is 13.1. The van der Waals surface area contributed by atoms with Gasteiger partial charge in [0.25, 0.3) is 5.91 Å². The first-order valence-corrected chi connectivity index (χ1v) is 11.6. The van der Waals surface area contributed by atoms with Gasteiger partial charge in [-0.25, -0.2) is 8.42 Å². The molecule has 0 aromatic heterocycles. The van der Waals surface area contributed by atoms with Gasteiger partial charge in [-0.05, 0) is 69.1 Å². The van der Waals surface area contributed by atoms with Crippen LogP contribution in [0.4, 0.5) is 0 Å². The van der Waals surface area contributed by atoms with Gasteiger partial charge in [0.15, 0.2) is 0 Å². The first-order valence-electron chi connectivity index (χ1n) is 10.2. The van der Waals surface area contributed by atoms with Crippen LogP contribution in [-0.2, 0) is 10.0 Å². The van der Waals surface area contributed by atoms with E-state index in [0.29, 0.717) is 18.7 Å². The summed E-state index contributed by atoms with van der Waals surface area (Å²) in [6.45, 7) is 5.28. The number of benzene rings is 1. The molecule has 0 spiro atoms. The van der Waals surface area contributed by atoms with E-state index in [1.807, 2.05) is 18.9 Å². The molecule has 3 rings (SSSR count). The van der Waals surface area contributed by atoms with Crippen molar-refractivity contribution in [1.29, 1.82) is 0 Å². The quantitative estimate of drug-likeness (QED) is 0.783. The highest BCUT2D eigenvalue weighted by Gasteiger charge is 2.29. The smallest absolute Gasteiger partial charge is 0.254 e. The van der Waals surface area contributed by atoms with Crippen molar-refractivity contribution in [2.75, 3.05) is 20.1 Å². The minimum absolute atomic E-state index is 0.0669. The zero-order valence-electron chi connectivity index (χ0n) is 16.8. The Labute approximate surface area is 163 Å². The number of amides is 1. The number of aryl methyl sites for hydroxylation is 1. The van der Waals surface area contributed by atoms with Gasteiger partial charge in [0, 0.05) is 31.7 Å². The maximum Gasteiger partial charge on any atom is 0.254 e. The molecule has 5 nitrogen and oxygen atoms in total. The third kappa shape index (κ3) is 4.37. The van der Waals surface area contributed by atoms with Gasteiger partial charge in [0.2, 0.25) is 10.0 Å². The Morgan fingerprint density at radius 3 is 2.33 bits per heavy atom.